The number of fused-ring (bicyclic) bond motifs is 2. The van der Waals surface area contributed by atoms with Gasteiger partial charge in [0, 0.05) is 5.39 Å². The predicted octanol–water partition coefficient (Wildman–Crippen LogP) is 3.54. The number of hydrogen-bond donors (Lipinski definition) is 2. The number of rotatable bonds is 2. The quantitative estimate of drug-likeness (QED) is 0.587. The second kappa shape index (κ2) is 5.66. The Kier molecular flexibility index (Phi) is 3.46. The van der Waals surface area contributed by atoms with Crippen LogP contribution in [0.1, 0.15) is 16.8 Å². The molecule has 0 aliphatic heterocycles. The van der Waals surface area contributed by atoms with Crippen molar-refractivity contribution in [3.05, 3.63) is 63.6 Å². The minimum absolute atomic E-state index is 0.197. The summed E-state index contributed by atoms with van der Waals surface area (Å²) in [6, 6.07) is 11.4. The van der Waals surface area contributed by atoms with E-state index in [1.54, 1.807) is 12.1 Å². The summed E-state index contributed by atoms with van der Waals surface area (Å²) in [6.07, 6.45) is 0. The molecule has 4 rings (SSSR count). The second-order valence-corrected chi connectivity index (χ2v) is 6.17. The number of aromatic amines is 1. The molecule has 6 heteroatoms. The van der Waals surface area contributed by atoms with E-state index in [4.69, 9.17) is 0 Å². The Labute approximate surface area is 144 Å². The molecule has 124 valence electrons. The van der Waals surface area contributed by atoms with E-state index in [1.807, 2.05) is 26.0 Å². The number of para-hydroxylation sites is 1. The van der Waals surface area contributed by atoms with Crippen molar-refractivity contribution in [2.45, 2.75) is 20.8 Å². The van der Waals surface area contributed by atoms with Crippen LogP contribution >= 0.6 is 0 Å². The molecule has 0 aliphatic carbocycles. The summed E-state index contributed by atoms with van der Waals surface area (Å²) >= 11 is 0. The molecule has 0 atom stereocenters. The molecule has 0 saturated carbocycles. The first-order chi connectivity index (χ1) is 12.0. The number of nitrogens with one attached hydrogen (secondary N) is 2. The van der Waals surface area contributed by atoms with Gasteiger partial charge in [0.25, 0.3) is 5.56 Å². The molecule has 4 aromatic rings. The minimum Gasteiger partial charge on any atom is -0.294 e. The normalized spacial score (nSPS) is 11.2. The standard InChI is InChI=1S/C19H17N5O/c1-10-8-11(2)16-14(9-10)12(3)20-18(22-16)24-19-21-15-7-5-4-6-13(15)17(25)23-19/h4-9H,1-3H3,(H2,20,21,22,23,24,25). The van der Waals surface area contributed by atoms with E-state index in [0.717, 1.165) is 22.2 Å². The molecule has 0 unspecified atom stereocenters. The van der Waals surface area contributed by atoms with Crippen LogP contribution in [0.15, 0.2) is 41.2 Å². The monoisotopic (exact) mass is 331 g/mol. The van der Waals surface area contributed by atoms with E-state index in [-0.39, 0.29) is 5.56 Å². The molecule has 25 heavy (non-hydrogen) atoms. The molecule has 0 spiro atoms. The number of nitrogens with zero attached hydrogens (tertiary/aromatic N) is 3. The van der Waals surface area contributed by atoms with Gasteiger partial charge in [0.15, 0.2) is 0 Å². The van der Waals surface area contributed by atoms with E-state index < -0.39 is 0 Å². The maximum atomic E-state index is 12.2. The Bertz CT molecular complexity index is 1180. The topological polar surface area (TPSA) is 83.6 Å². The van der Waals surface area contributed by atoms with Gasteiger partial charge in [0.1, 0.15) is 0 Å². The molecule has 0 amide bonds. The fraction of sp³-hybridized carbons (Fsp3) is 0.158. The number of hydrogen-bond acceptors (Lipinski definition) is 5. The molecule has 6 nitrogen and oxygen atoms in total. The van der Waals surface area contributed by atoms with Gasteiger partial charge in [-0.05, 0) is 44.5 Å². The molecule has 0 aliphatic rings. The zero-order valence-electron chi connectivity index (χ0n) is 14.2. The van der Waals surface area contributed by atoms with Crippen LogP contribution in [-0.4, -0.2) is 19.9 Å². The summed E-state index contributed by atoms with van der Waals surface area (Å²) in [6.45, 7) is 6.04. The average molecular weight is 331 g/mol. The van der Waals surface area contributed by atoms with Crippen LogP contribution in [0.3, 0.4) is 0 Å². The summed E-state index contributed by atoms with van der Waals surface area (Å²) < 4.78 is 0. The number of aromatic nitrogens is 4. The van der Waals surface area contributed by atoms with Gasteiger partial charge in [-0.25, -0.2) is 15.0 Å². The molecular formula is C19H17N5O. The first kappa shape index (κ1) is 15.3. The SMILES string of the molecule is Cc1cc(C)c2nc(Nc3nc4ccccc4c(=O)[nH]3)nc(C)c2c1. The van der Waals surface area contributed by atoms with Crippen LogP contribution in [0.2, 0.25) is 0 Å². The summed E-state index contributed by atoms with van der Waals surface area (Å²) in [4.78, 5) is 28.4. The van der Waals surface area contributed by atoms with Crippen LogP contribution < -0.4 is 10.9 Å². The highest BCUT2D eigenvalue weighted by molar-refractivity contribution is 5.85. The van der Waals surface area contributed by atoms with Gasteiger partial charge < -0.3 is 0 Å². The fourth-order valence-electron chi connectivity index (χ4n) is 3.04. The fourth-order valence-corrected chi connectivity index (χ4v) is 3.04. The molecule has 2 N–H and O–H groups in total. The lowest BCUT2D eigenvalue weighted by molar-refractivity contribution is 1.10. The van der Waals surface area contributed by atoms with E-state index in [2.05, 4.69) is 44.3 Å². The van der Waals surface area contributed by atoms with Crippen molar-refractivity contribution in [3.63, 3.8) is 0 Å². The van der Waals surface area contributed by atoms with Crippen molar-refractivity contribution in [3.8, 4) is 0 Å². The van der Waals surface area contributed by atoms with E-state index in [0.29, 0.717) is 22.8 Å². The highest BCUT2D eigenvalue weighted by atomic mass is 16.1. The van der Waals surface area contributed by atoms with Crippen molar-refractivity contribution in [1.29, 1.82) is 0 Å². The van der Waals surface area contributed by atoms with E-state index >= 15 is 0 Å². The summed E-state index contributed by atoms with van der Waals surface area (Å²) in [5.74, 6) is 0.739. The maximum Gasteiger partial charge on any atom is 0.260 e. The lowest BCUT2D eigenvalue weighted by Crippen LogP contribution is -2.12. The van der Waals surface area contributed by atoms with Gasteiger partial charge in [0.05, 0.1) is 22.1 Å². The Morgan fingerprint density at radius 3 is 2.60 bits per heavy atom. The Balaban J connectivity index is 1.82. The average Bonchev–Trinajstić information content (AvgIpc) is 2.56. The van der Waals surface area contributed by atoms with Gasteiger partial charge in [-0.2, -0.15) is 0 Å². The largest absolute Gasteiger partial charge is 0.294 e. The molecule has 0 saturated heterocycles. The van der Waals surface area contributed by atoms with Crippen molar-refractivity contribution in [1.82, 2.24) is 19.9 Å². The highest BCUT2D eigenvalue weighted by Gasteiger charge is 2.10. The Morgan fingerprint density at radius 2 is 1.76 bits per heavy atom. The van der Waals surface area contributed by atoms with Gasteiger partial charge in [0.2, 0.25) is 11.9 Å². The third kappa shape index (κ3) is 2.71. The maximum absolute atomic E-state index is 12.2. The Morgan fingerprint density at radius 1 is 0.960 bits per heavy atom. The van der Waals surface area contributed by atoms with Crippen LogP contribution in [0.4, 0.5) is 11.9 Å². The third-order valence-corrected chi connectivity index (χ3v) is 4.17. The molecule has 2 aromatic carbocycles. The lowest BCUT2D eigenvalue weighted by atomic mass is 10.1. The second-order valence-electron chi connectivity index (χ2n) is 6.17. The predicted molar refractivity (Wildman–Crippen MR) is 99.4 cm³/mol. The zero-order valence-corrected chi connectivity index (χ0v) is 14.2. The summed E-state index contributed by atoms with van der Waals surface area (Å²) in [7, 11) is 0. The first-order valence-electron chi connectivity index (χ1n) is 8.03. The molecular weight excluding hydrogens is 314 g/mol. The van der Waals surface area contributed by atoms with Gasteiger partial charge in [-0.3, -0.25) is 15.1 Å². The van der Waals surface area contributed by atoms with Crippen molar-refractivity contribution >= 4 is 33.7 Å². The van der Waals surface area contributed by atoms with E-state index in [9.17, 15) is 4.79 Å². The number of H-pyrrole nitrogens is 1. The number of aryl methyl sites for hydroxylation is 3. The van der Waals surface area contributed by atoms with Crippen LogP contribution in [0.25, 0.3) is 21.8 Å². The van der Waals surface area contributed by atoms with Crippen molar-refractivity contribution in [2.24, 2.45) is 0 Å². The molecule has 2 heterocycles. The number of anilines is 2. The van der Waals surface area contributed by atoms with Gasteiger partial charge >= 0.3 is 0 Å². The van der Waals surface area contributed by atoms with Crippen LogP contribution in [0, 0.1) is 20.8 Å². The summed E-state index contributed by atoms with van der Waals surface area (Å²) in [5.41, 5.74) is 4.46. The Hall–Kier alpha value is -3.28. The van der Waals surface area contributed by atoms with E-state index in [1.165, 1.54) is 5.56 Å². The third-order valence-electron chi connectivity index (χ3n) is 4.17. The lowest BCUT2D eigenvalue weighted by Gasteiger charge is -2.10. The zero-order chi connectivity index (χ0) is 17.6. The van der Waals surface area contributed by atoms with Crippen LogP contribution in [-0.2, 0) is 0 Å². The highest BCUT2D eigenvalue weighted by Crippen LogP contribution is 2.23. The first-order valence-corrected chi connectivity index (χ1v) is 8.03. The molecule has 0 radical (unpaired) electrons. The molecule has 0 bridgehead atoms. The van der Waals surface area contributed by atoms with Gasteiger partial charge in [-0.1, -0.05) is 23.8 Å². The van der Waals surface area contributed by atoms with Crippen LogP contribution in [0.5, 0.6) is 0 Å². The molecule has 0 fully saturated rings. The van der Waals surface area contributed by atoms with Crippen molar-refractivity contribution < 1.29 is 0 Å². The smallest absolute Gasteiger partial charge is 0.260 e. The molecule has 2 aromatic heterocycles. The summed E-state index contributed by atoms with van der Waals surface area (Å²) in [5, 5.41) is 4.60. The van der Waals surface area contributed by atoms with Gasteiger partial charge in [-0.15, -0.1) is 0 Å². The van der Waals surface area contributed by atoms with Crippen molar-refractivity contribution in [2.75, 3.05) is 5.32 Å². The minimum atomic E-state index is -0.197. The number of benzene rings is 2.